The van der Waals surface area contributed by atoms with Crippen molar-refractivity contribution >= 4 is 5.91 Å². The summed E-state index contributed by atoms with van der Waals surface area (Å²) in [5, 5.41) is 0. The van der Waals surface area contributed by atoms with E-state index in [1.807, 2.05) is 49.4 Å². The van der Waals surface area contributed by atoms with E-state index >= 15 is 0 Å². The van der Waals surface area contributed by atoms with Gasteiger partial charge in [-0.2, -0.15) is 0 Å². The molecule has 2 N–H and O–H groups in total. The molecule has 2 aromatic rings. The second kappa shape index (κ2) is 6.82. The molecule has 1 heterocycles. The normalized spacial score (nSPS) is 11.9. The molecule has 0 unspecified atom stereocenters. The third kappa shape index (κ3) is 3.42. The van der Waals surface area contributed by atoms with Gasteiger partial charge in [0.2, 0.25) is 5.91 Å². The first kappa shape index (κ1) is 14.2. The summed E-state index contributed by atoms with van der Waals surface area (Å²) in [6, 6.07) is 12.6. The van der Waals surface area contributed by atoms with Crippen LogP contribution < -0.4 is 5.73 Å². The summed E-state index contributed by atoms with van der Waals surface area (Å²) in [5.41, 5.74) is 7.96. The Kier molecular flexibility index (Phi) is 4.85. The second-order valence-electron chi connectivity index (χ2n) is 4.60. The number of hydrogen-bond acceptors (Lipinski definition) is 3. The molecule has 0 aliphatic carbocycles. The molecular formula is C16H19N3O. The molecule has 0 saturated heterocycles. The molecule has 4 nitrogen and oxygen atoms in total. The second-order valence-corrected chi connectivity index (χ2v) is 4.60. The highest BCUT2D eigenvalue weighted by atomic mass is 16.2. The lowest BCUT2D eigenvalue weighted by Gasteiger charge is -2.24. The van der Waals surface area contributed by atoms with Gasteiger partial charge in [-0.25, -0.2) is 0 Å². The van der Waals surface area contributed by atoms with Crippen molar-refractivity contribution in [1.29, 1.82) is 0 Å². The Bertz CT molecular complexity index is 542. The Labute approximate surface area is 119 Å². The topological polar surface area (TPSA) is 59.2 Å². The van der Waals surface area contributed by atoms with Gasteiger partial charge in [-0.05, 0) is 30.2 Å². The number of rotatable bonds is 5. The molecule has 2 rings (SSSR count). The minimum Gasteiger partial charge on any atom is -0.337 e. The van der Waals surface area contributed by atoms with E-state index in [0.717, 1.165) is 11.1 Å². The summed E-state index contributed by atoms with van der Waals surface area (Å²) in [6.07, 6.45) is 3.45. The quantitative estimate of drug-likeness (QED) is 0.904. The van der Waals surface area contributed by atoms with Gasteiger partial charge in [0.05, 0.1) is 0 Å². The van der Waals surface area contributed by atoms with Crippen LogP contribution in [0, 0.1) is 0 Å². The van der Waals surface area contributed by atoms with Crippen LogP contribution in [0.25, 0.3) is 0 Å². The summed E-state index contributed by atoms with van der Waals surface area (Å²) >= 11 is 0. The van der Waals surface area contributed by atoms with Gasteiger partial charge in [0.25, 0.3) is 0 Å². The average Bonchev–Trinajstić information content (AvgIpc) is 2.53. The van der Waals surface area contributed by atoms with Crippen molar-refractivity contribution in [3.8, 4) is 0 Å². The summed E-state index contributed by atoms with van der Waals surface area (Å²) < 4.78 is 0. The van der Waals surface area contributed by atoms with E-state index in [9.17, 15) is 4.79 Å². The van der Waals surface area contributed by atoms with Gasteiger partial charge in [0.1, 0.15) is 6.04 Å². The van der Waals surface area contributed by atoms with Crippen LogP contribution in [0.4, 0.5) is 0 Å². The minimum absolute atomic E-state index is 0.0597. The van der Waals surface area contributed by atoms with E-state index in [4.69, 9.17) is 5.73 Å². The lowest BCUT2D eigenvalue weighted by atomic mass is 10.1. The van der Waals surface area contributed by atoms with E-state index in [1.54, 1.807) is 17.3 Å². The number of pyridine rings is 1. The van der Waals surface area contributed by atoms with Crippen molar-refractivity contribution in [2.75, 3.05) is 6.54 Å². The van der Waals surface area contributed by atoms with Crippen molar-refractivity contribution in [3.05, 3.63) is 66.0 Å². The highest BCUT2D eigenvalue weighted by molar-refractivity contribution is 5.83. The lowest BCUT2D eigenvalue weighted by molar-refractivity contribution is -0.133. The number of carbonyl (C=O) groups excluding carboxylic acids is 1. The van der Waals surface area contributed by atoms with Crippen molar-refractivity contribution in [1.82, 2.24) is 9.88 Å². The molecular weight excluding hydrogens is 250 g/mol. The third-order valence-electron chi connectivity index (χ3n) is 3.24. The number of nitrogens with zero attached hydrogens (tertiary/aromatic N) is 2. The molecule has 20 heavy (non-hydrogen) atoms. The van der Waals surface area contributed by atoms with Crippen LogP contribution in [0.3, 0.4) is 0 Å². The molecule has 0 spiro atoms. The highest BCUT2D eigenvalue weighted by Crippen LogP contribution is 2.14. The van der Waals surface area contributed by atoms with Gasteiger partial charge in [0, 0.05) is 25.5 Å². The highest BCUT2D eigenvalue weighted by Gasteiger charge is 2.21. The first-order chi connectivity index (χ1) is 9.72. The summed E-state index contributed by atoms with van der Waals surface area (Å²) in [7, 11) is 0. The molecule has 4 heteroatoms. The zero-order valence-corrected chi connectivity index (χ0v) is 11.6. The monoisotopic (exact) mass is 269 g/mol. The predicted octanol–water partition coefficient (Wildman–Crippen LogP) is 2.13. The SMILES string of the molecule is CCN(Cc1ccncc1)C(=O)[C@H](N)c1ccccc1. The van der Waals surface area contributed by atoms with Gasteiger partial charge < -0.3 is 10.6 Å². The number of likely N-dealkylation sites (N-methyl/N-ethyl adjacent to an activating group) is 1. The molecule has 1 amide bonds. The Balaban J connectivity index is 2.09. The lowest BCUT2D eigenvalue weighted by Crippen LogP contribution is -2.38. The number of hydrogen-bond donors (Lipinski definition) is 1. The van der Waals surface area contributed by atoms with E-state index in [0.29, 0.717) is 13.1 Å². The van der Waals surface area contributed by atoms with Crippen LogP contribution in [0.15, 0.2) is 54.9 Å². The molecule has 0 bridgehead atoms. The fourth-order valence-electron chi connectivity index (χ4n) is 2.05. The van der Waals surface area contributed by atoms with E-state index < -0.39 is 6.04 Å². The minimum atomic E-state index is -0.613. The third-order valence-corrected chi connectivity index (χ3v) is 3.24. The first-order valence-corrected chi connectivity index (χ1v) is 6.70. The summed E-state index contributed by atoms with van der Waals surface area (Å²) in [6.45, 7) is 3.14. The van der Waals surface area contributed by atoms with Gasteiger partial charge in [-0.1, -0.05) is 30.3 Å². The number of nitrogens with two attached hydrogens (primary N) is 1. The van der Waals surface area contributed by atoms with Gasteiger partial charge >= 0.3 is 0 Å². The Morgan fingerprint density at radius 1 is 1.20 bits per heavy atom. The molecule has 1 aromatic carbocycles. The molecule has 1 aromatic heterocycles. The Hall–Kier alpha value is -2.20. The molecule has 0 saturated carbocycles. The number of carbonyl (C=O) groups is 1. The predicted molar refractivity (Wildman–Crippen MR) is 78.7 cm³/mol. The fraction of sp³-hybridized carbons (Fsp3) is 0.250. The standard InChI is InChI=1S/C16H19N3O/c1-2-19(12-13-8-10-18-11-9-13)16(20)15(17)14-6-4-3-5-7-14/h3-11,15H,2,12,17H2,1H3/t15-/m1/s1. The molecule has 0 aliphatic heterocycles. The maximum Gasteiger partial charge on any atom is 0.244 e. The molecule has 0 fully saturated rings. The Morgan fingerprint density at radius 2 is 1.85 bits per heavy atom. The Morgan fingerprint density at radius 3 is 2.45 bits per heavy atom. The molecule has 1 atom stereocenters. The van der Waals surface area contributed by atoms with Gasteiger partial charge in [-0.15, -0.1) is 0 Å². The largest absolute Gasteiger partial charge is 0.337 e. The van der Waals surface area contributed by atoms with Crippen molar-refractivity contribution in [3.63, 3.8) is 0 Å². The van der Waals surface area contributed by atoms with Crippen LogP contribution in [-0.4, -0.2) is 22.3 Å². The van der Waals surface area contributed by atoms with E-state index in [2.05, 4.69) is 4.98 Å². The maximum absolute atomic E-state index is 12.5. The van der Waals surface area contributed by atoms with Gasteiger partial charge in [-0.3, -0.25) is 9.78 Å². The van der Waals surface area contributed by atoms with Crippen LogP contribution in [0.1, 0.15) is 24.1 Å². The van der Waals surface area contributed by atoms with Crippen LogP contribution >= 0.6 is 0 Å². The zero-order valence-electron chi connectivity index (χ0n) is 11.6. The first-order valence-electron chi connectivity index (χ1n) is 6.70. The van der Waals surface area contributed by atoms with Crippen molar-refractivity contribution < 1.29 is 4.79 Å². The van der Waals surface area contributed by atoms with Gasteiger partial charge in [0.15, 0.2) is 0 Å². The van der Waals surface area contributed by atoms with Crippen LogP contribution in [-0.2, 0) is 11.3 Å². The van der Waals surface area contributed by atoms with E-state index in [-0.39, 0.29) is 5.91 Å². The maximum atomic E-state index is 12.5. The number of aromatic nitrogens is 1. The van der Waals surface area contributed by atoms with Crippen LogP contribution in [0.2, 0.25) is 0 Å². The molecule has 104 valence electrons. The van der Waals surface area contributed by atoms with E-state index in [1.165, 1.54) is 0 Å². The number of amides is 1. The smallest absolute Gasteiger partial charge is 0.244 e. The van der Waals surface area contributed by atoms with Crippen molar-refractivity contribution in [2.24, 2.45) is 5.73 Å². The fourth-order valence-corrected chi connectivity index (χ4v) is 2.05. The van der Waals surface area contributed by atoms with Crippen molar-refractivity contribution in [2.45, 2.75) is 19.5 Å². The zero-order chi connectivity index (χ0) is 14.4. The van der Waals surface area contributed by atoms with Crippen LogP contribution in [0.5, 0.6) is 0 Å². The molecule has 0 aliphatic rings. The number of benzene rings is 1. The molecule has 0 radical (unpaired) electrons. The average molecular weight is 269 g/mol. The summed E-state index contributed by atoms with van der Waals surface area (Å²) in [5.74, 6) is -0.0597. The summed E-state index contributed by atoms with van der Waals surface area (Å²) in [4.78, 5) is 18.2.